The van der Waals surface area contributed by atoms with E-state index in [0.717, 1.165) is 19.4 Å². The van der Waals surface area contributed by atoms with Gasteiger partial charge in [-0.05, 0) is 38.6 Å². The largest absolute Gasteiger partial charge is 0.340 e. The fourth-order valence-electron chi connectivity index (χ4n) is 2.27. The summed E-state index contributed by atoms with van der Waals surface area (Å²) in [5.74, 6) is 0.943. The van der Waals surface area contributed by atoms with Gasteiger partial charge in [-0.1, -0.05) is 13.3 Å². The molecule has 1 saturated heterocycles. The van der Waals surface area contributed by atoms with Gasteiger partial charge in [0.1, 0.15) is 0 Å². The second-order valence-corrected chi connectivity index (χ2v) is 4.82. The molecule has 0 aromatic rings. The van der Waals surface area contributed by atoms with Crippen LogP contribution in [0.25, 0.3) is 0 Å². The van der Waals surface area contributed by atoms with E-state index in [1.165, 1.54) is 12.8 Å². The number of carbonyl (C=O) groups excluding carboxylic acids is 1. The molecule has 2 N–H and O–H groups in total. The molecule has 4 heteroatoms. The van der Waals surface area contributed by atoms with E-state index in [-0.39, 0.29) is 12.4 Å². The summed E-state index contributed by atoms with van der Waals surface area (Å²) in [6, 6.07) is 0.417. The van der Waals surface area contributed by atoms with Crippen LogP contribution >= 0.6 is 12.4 Å². The lowest BCUT2D eigenvalue weighted by Gasteiger charge is -2.28. The molecule has 1 heterocycles. The zero-order valence-electron chi connectivity index (χ0n) is 10.4. The number of rotatable bonds is 3. The van der Waals surface area contributed by atoms with Crippen molar-refractivity contribution in [2.45, 2.75) is 52.0 Å². The van der Waals surface area contributed by atoms with Crippen molar-refractivity contribution < 1.29 is 4.79 Å². The summed E-state index contributed by atoms with van der Waals surface area (Å²) in [6.07, 6.45) is 5.09. The fourth-order valence-corrected chi connectivity index (χ4v) is 2.27. The first-order chi connectivity index (χ1) is 7.15. The predicted octanol–water partition coefficient (Wildman–Crippen LogP) is 2.18. The van der Waals surface area contributed by atoms with Crippen LogP contribution < -0.4 is 5.73 Å². The number of amides is 1. The molecule has 2 atom stereocenters. The molecule has 1 fully saturated rings. The van der Waals surface area contributed by atoms with Gasteiger partial charge < -0.3 is 10.6 Å². The highest BCUT2D eigenvalue weighted by Gasteiger charge is 2.24. The number of hydrogen-bond donors (Lipinski definition) is 1. The quantitative estimate of drug-likeness (QED) is 0.832. The van der Waals surface area contributed by atoms with E-state index in [0.29, 0.717) is 30.8 Å². The van der Waals surface area contributed by atoms with Gasteiger partial charge in [-0.3, -0.25) is 4.79 Å². The zero-order chi connectivity index (χ0) is 11.3. The summed E-state index contributed by atoms with van der Waals surface area (Å²) in [5.41, 5.74) is 5.43. The number of hydrogen-bond acceptors (Lipinski definition) is 2. The van der Waals surface area contributed by atoms with Gasteiger partial charge in [0.25, 0.3) is 0 Å². The Morgan fingerprint density at radius 2 is 2.06 bits per heavy atom. The lowest BCUT2D eigenvalue weighted by molar-refractivity contribution is -0.133. The number of nitrogens with zero attached hydrogens (tertiary/aromatic N) is 1. The summed E-state index contributed by atoms with van der Waals surface area (Å²) >= 11 is 0. The Balaban J connectivity index is 0.00000225. The van der Waals surface area contributed by atoms with Gasteiger partial charge in [0.2, 0.25) is 5.91 Å². The normalized spacial score (nSPS) is 25.8. The number of nitrogens with two attached hydrogens (primary N) is 1. The Morgan fingerprint density at radius 1 is 1.38 bits per heavy atom. The standard InChI is InChI=1S/C12H24N2O.ClH/c1-10-5-3-6-11(2)14(9-10)12(15)7-4-8-13;/h10-11H,3-9,13H2,1-2H3;1H. The van der Waals surface area contributed by atoms with Crippen molar-refractivity contribution in [2.24, 2.45) is 11.7 Å². The van der Waals surface area contributed by atoms with Crippen LogP contribution in [0.4, 0.5) is 0 Å². The van der Waals surface area contributed by atoms with E-state index in [2.05, 4.69) is 18.7 Å². The predicted molar refractivity (Wildman–Crippen MR) is 69.7 cm³/mol. The molecule has 1 amide bonds. The molecule has 0 aromatic heterocycles. The molecular weight excluding hydrogens is 224 g/mol. The summed E-state index contributed by atoms with van der Waals surface area (Å²) < 4.78 is 0. The molecule has 0 spiro atoms. The Morgan fingerprint density at radius 3 is 2.69 bits per heavy atom. The first-order valence-corrected chi connectivity index (χ1v) is 6.14. The maximum atomic E-state index is 11.9. The van der Waals surface area contributed by atoms with Gasteiger partial charge in [-0.2, -0.15) is 0 Å². The van der Waals surface area contributed by atoms with Crippen LogP contribution in [-0.2, 0) is 4.79 Å². The molecule has 16 heavy (non-hydrogen) atoms. The molecule has 0 aromatic carbocycles. The van der Waals surface area contributed by atoms with E-state index in [4.69, 9.17) is 5.73 Å². The second kappa shape index (κ2) is 7.91. The van der Waals surface area contributed by atoms with Crippen LogP contribution in [0.1, 0.15) is 46.0 Å². The van der Waals surface area contributed by atoms with Crippen LogP contribution in [0, 0.1) is 5.92 Å². The highest BCUT2D eigenvalue weighted by Crippen LogP contribution is 2.21. The van der Waals surface area contributed by atoms with Crippen molar-refractivity contribution in [1.82, 2.24) is 4.90 Å². The lowest BCUT2D eigenvalue weighted by Crippen LogP contribution is -2.39. The average molecular weight is 249 g/mol. The van der Waals surface area contributed by atoms with Gasteiger partial charge in [-0.25, -0.2) is 0 Å². The zero-order valence-corrected chi connectivity index (χ0v) is 11.3. The molecule has 0 saturated carbocycles. The van der Waals surface area contributed by atoms with E-state index < -0.39 is 0 Å². The van der Waals surface area contributed by atoms with E-state index in [9.17, 15) is 4.79 Å². The van der Waals surface area contributed by atoms with Crippen molar-refractivity contribution in [3.63, 3.8) is 0 Å². The highest BCUT2D eigenvalue weighted by molar-refractivity contribution is 5.85. The van der Waals surface area contributed by atoms with Crippen LogP contribution in [-0.4, -0.2) is 29.9 Å². The van der Waals surface area contributed by atoms with Crippen molar-refractivity contribution in [3.05, 3.63) is 0 Å². The molecular formula is C12H25ClN2O. The average Bonchev–Trinajstić information content (AvgIpc) is 2.37. The van der Waals surface area contributed by atoms with E-state index >= 15 is 0 Å². The summed E-state index contributed by atoms with van der Waals surface area (Å²) in [4.78, 5) is 14.0. The number of halogens is 1. The third-order valence-corrected chi connectivity index (χ3v) is 3.27. The number of carbonyl (C=O) groups is 1. The van der Waals surface area contributed by atoms with Crippen LogP contribution in [0.3, 0.4) is 0 Å². The molecule has 1 aliphatic heterocycles. The Labute approximate surface area is 105 Å². The van der Waals surface area contributed by atoms with Crippen molar-refractivity contribution in [3.8, 4) is 0 Å². The second-order valence-electron chi connectivity index (χ2n) is 4.82. The maximum Gasteiger partial charge on any atom is 0.222 e. The van der Waals surface area contributed by atoms with Gasteiger partial charge in [0, 0.05) is 19.0 Å². The molecule has 1 rings (SSSR count). The minimum absolute atomic E-state index is 0. The minimum Gasteiger partial charge on any atom is -0.340 e. The summed E-state index contributed by atoms with van der Waals surface area (Å²) in [6.45, 7) is 5.95. The highest BCUT2D eigenvalue weighted by atomic mass is 35.5. The molecule has 2 unspecified atom stereocenters. The van der Waals surface area contributed by atoms with Crippen LogP contribution in [0.5, 0.6) is 0 Å². The fraction of sp³-hybridized carbons (Fsp3) is 0.917. The maximum absolute atomic E-state index is 11.9. The van der Waals surface area contributed by atoms with Gasteiger partial charge in [0.15, 0.2) is 0 Å². The number of likely N-dealkylation sites (tertiary alicyclic amines) is 1. The van der Waals surface area contributed by atoms with Gasteiger partial charge >= 0.3 is 0 Å². The van der Waals surface area contributed by atoms with Gasteiger partial charge in [-0.15, -0.1) is 12.4 Å². The van der Waals surface area contributed by atoms with Crippen LogP contribution in [0.15, 0.2) is 0 Å². The molecule has 0 aliphatic carbocycles. The first kappa shape index (κ1) is 15.7. The topological polar surface area (TPSA) is 46.3 Å². The molecule has 1 aliphatic rings. The Kier molecular flexibility index (Phi) is 7.77. The Bertz CT molecular complexity index is 211. The van der Waals surface area contributed by atoms with Crippen LogP contribution in [0.2, 0.25) is 0 Å². The smallest absolute Gasteiger partial charge is 0.222 e. The van der Waals surface area contributed by atoms with E-state index in [1.807, 2.05) is 0 Å². The van der Waals surface area contributed by atoms with Crippen molar-refractivity contribution in [1.29, 1.82) is 0 Å². The molecule has 3 nitrogen and oxygen atoms in total. The summed E-state index contributed by atoms with van der Waals surface area (Å²) in [7, 11) is 0. The third kappa shape index (κ3) is 4.71. The Hall–Kier alpha value is -0.280. The minimum atomic E-state index is 0. The SMILES string of the molecule is CC1CCCC(C)N(C(=O)CCCN)C1.Cl. The lowest BCUT2D eigenvalue weighted by atomic mass is 10.1. The first-order valence-electron chi connectivity index (χ1n) is 6.14. The summed E-state index contributed by atoms with van der Waals surface area (Å²) in [5, 5.41) is 0. The van der Waals surface area contributed by atoms with Crippen molar-refractivity contribution >= 4 is 18.3 Å². The third-order valence-electron chi connectivity index (χ3n) is 3.27. The van der Waals surface area contributed by atoms with Gasteiger partial charge in [0.05, 0.1) is 0 Å². The molecule has 0 radical (unpaired) electrons. The van der Waals surface area contributed by atoms with Crippen molar-refractivity contribution in [2.75, 3.05) is 13.1 Å². The molecule has 0 bridgehead atoms. The molecule has 96 valence electrons. The monoisotopic (exact) mass is 248 g/mol. The van der Waals surface area contributed by atoms with E-state index in [1.54, 1.807) is 0 Å².